The van der Waals surface area contributed by atoms with Gasteiger partial charge in [-0.1, -0.05) is 18.2 Å². The normalized spacial score (nSPS) is 20.7. The summed E-state index contributed by atoms with van der Waals surface area (Å²) in [7, 11) is -0.491. The second-order valence-electron chi connectivity index (χ2n) is 7.61. The third kappa shape index (κ3) is 3.89. The standard InChI is InChI=1S/C20H22BF2NO3/c1-19(2)20(3,4)27-21(26-19)13-7-5-8-14(12-11-13)24-18(25)17-15(22)9-6-10-16(17)23/h5-6,8-12H,7H2,1-4H3,(H,24,25). The third-order valence-electron chi connectivity index (χ3n) is 5.13. The molecule has 0 bridgehead atoms. The van der Waals surface area contributed by atoms with Gasteiger partial charge in [0.15, 0.2) is 0 Å². The summed E-state index contributed by atoms with van der Waals surface area (Å²) in [6.45, 7) is 7.91. The van der Waals surface area contributed by atoms with Crippen LogP contribution in [0.1, 0.15) is 44.5 Å². The van der Waals surface area contributed by atoms with E-state index in [4.69, 9.17) is 9.31 Å². The Kier molecular flexibility index (Phi) is 5.10. The molecule has 0 unspecified atom stereocenters. The fraction of sp³-hybridized carbons (Fsp3) is 0.350. The number of amides is 1. The Balaban J connectivity index is 1.77. The van der Waals surface area contributed by atoms with E-state index in [2.05, 4.69) is 5.32 Å². The quantitative estimate of drug-likeness (QED) is 0.812. The highest BCUT2D eigenvalue weighted by molar-refractivity contribution is 6.54. The maximum absolute atomic E-state index is 13.8. The van der Waals surface area contributed by atoms with Gasteiger partial charge in [0.2, 0.25) is 0 Å². The molecule has 1 aliphatic heterocycles. The van der Waals surface area contributed by atoms with Crippen LogP contribution in [0, 0.1) is 11.6 Å². The molecule has 4 nitrogen and oxygen atoms in total. The summed E-state index contributed by atoms with van der Waals surface area (Å²) in [6, 6.07) is 3.31. The predicted molar refractivity (Wildman–Crippen MR) is 99.8 cm³/mol. The first-order valence-electron chi connectivity index (χ1n) is 8.79. The highest BCUT2D eigenvalue weighted by Gasteiger charge is 2.52. The number of rotatable bonds is 3. The summed E-state index contributed by atoms with van der Waals surface area (Å²) >= 11 is 0. The van der Waals surface area contributed by atoms with Crippen LogP contribution in [0.4, 0.5) is 8.78 Å². The fourth-order valence-corrected chi connectivity index (χ4v) is 2.80. The molecule has 27 heavy (non-hydrogen) atoms. The maximum atomic E-state index is 13.8. The fourth-order valence-electron chi connectivity index (χ4n) is 2.80. The molecular weight excluding hydrogens is 351 g/mol. The zero-order valence-corrected chi connectivity index (χ0v) is 15.8. The van der Waals surface area contributed by atoms with Crippen LogP contribution in [0.15, 0.2) is 53.7 Å². The van der Waals surface area contributed by atoms with Crippen LogP contribution < -0.4 is 5.32 Å². The van der Waals surface area contributed by atoms with Gasteiger partial charge in [-0.2, -0.15) is 0 Å². The Labute approximate surface area is 158 Å². The minimum Gasteiger partial charge on any atom is -0.400 e. The van der Waals surface area contributed by atoms with Crippen molar-refractivity contribution in [3.8, 4) is 0 Å². The molecule has 2 aliphatic rings. The molecule has 1 aliphatic carbocycles. The van der Waals surface area contributed by atoms with Crippen molar-refractivity contribution in [1.29, 1.82) is 0 Å². The van der Waals surface area contributed by atoms with Gasteiger partial charge >= 0.3 is 7.12 Å². The zero-order valence-electron chi connectivity index (χ0n) is 15.8. The first kappa shape index (κ1) is 19.5. The molecule has 1 aromatic rings. The second kappa shape index (κ2) is 7.05. The molecule has 0 spiro atoms. The minimum atomic E-state index is -0.904. The van der Waals surface area contributed by atoms with Crippen LogP contribution in [0.2, 0.25) is 0 Å². The lowest BCUT2D eigenvalue weighted by molar-refractivity contribution is 0.00578. The van der Waals surface area contributed by atoms with Crippen LogP contribution in [0.25, 0.3) is 0 Å². The van der Waals surface area contributed by atoms with Crippen molar-refractivity contribution in [3.63, 3.8) is 0 Å². The Morgan fingerprint density at radius 3 is 2.26 bits per heavy atom. The van der Waals surface area contributed by atoms with Crippen molar-refractivity contribution in [1.82, 2.24) is 5.32 Å². The lowest BCUT2D eigenvalue weighted by atomic mass is 9.76. The lowest BCUT2D eigenvalue weighted by Gasteiger charge is -2.32. The van der Waals surface area contributed by atoms with Crippen LogP contribution >= 0.6 is 0 Å². The molecule has 0 saturated carbocycles. The number of nitrogens with one attached hydrogen (secondary N) is 1. The number of hydrogen-bond acceptors (Lipinski definition) is 3. The van der Waals surface area contributed by atoms with Gasteiger partial charge in [0, 0.05) is 5.70 Å². The van der Waals surface area contributed by atoms with Crippen LogP contribution in [-0.2, 0) is 9.31 Å². The van der Waals surface area contributed by atoms with E-state index >= 15 is 0 Å². The van der Waals surface area contributed by atoms with E-state index in [1.807, 2.05) is 33.8 Å². The Hall–Kier alpha value is -2.25. The number of benzene rings is 1. The number of allylic oxidation sites excluding steroid dienone is 5. The largest absolute Gasteiger partial charge is 0.490 e. The molecule has 0 aromatic heterocycles. The summed E-state index contributed by atoms with van der Waals surface area (Å²) in [5.74, 6) is -2.65. The summed E-state index contributed by atoms with van der Waals surface area (Å²) in [4.78, 5) is 12.2. The number of halogens is 2. The molecule has 1 amide bonds. The summed E-state index contributed by atoms with van der Waals surface area (Å²) in [6.07, 6.45) is 7.57. The van der Waals surface area contributed by atoms with Gasteiger partial charge in [-0.05, 0) is 63.9 Å². The van der Waals surface area contributed by atoms with Gasteiger partial charge in [0.25, 0.3) is 5.91 Å². The predicted octanol–water partition coefficient (Wildman–Crippen LogP) is 4.10. The Morgan fingerprint density at radius 2 is 1.67 bits per heavy atom. The molecule has 142 valence electrons. The molecular formula is C20H22BF2NO3. The smallest absolute Gasteiger partial charge is 0.400 e. The lowest BCUT2D eigenvalue weighted by Crippen LogP contribution is -2.41. The minimum absolute atomic E-state index is 0.425. The van der Waals surface area contributed by atoms with E-state index in [-0.39, 0.29) is 0 Å². The summed E-state index contributed by atoms with van der Waals surface area (Å²) in [5, 5.41) is 2.53. The first-order chi connectivity index (χ1) is 12.6. The van der Waals surface area contributed by atoms with Gasteiger partial charge in [-0.3, -0.25) is 4.79 Å². The van der Waals surface area contributed by atoms with Crippen LogP contribution in [-0.4, -0.2) is 24.2 Å². The topological polar surface area (TPSA) is 47.6 Å². The monoisotopic (exact) mass is 373 g/mol. The van der Waals surface area contributed by atoms with Gasteiger partial charge in [-0.25, -0.2) is 8.78 Å². The molecule has 1 saturated heterocycles. The molecule has 1 N–H and O–H groups in total. The summed E-state index contributed by atoms with van der Waals surface area (Å²) in [5.41, 5.74) is -0.179. The highest BCUT2D eigenvalue weighted by Crippen LogP contribution is 2.39. The molecule has 0 atom stereocenters. The van der Waals surface area contributed by atoms with E-state index < -0.39 is 41.4 Å². The van der Waals surface area contributed by atoms with Gasteiger partial charge < -0.3 is 14.6 Å². The van der Waals surface area contributed by atoms with Gasteiger partial charge in [0.1, 0.15) is 17.2 Å². The van der Waals surface area contributed by atoms with E-state index in [9.17, 15) is 13.6 Å². The molecule has 1 fully saturated rings. The third-order valence-corrected chi connectivity index (χ3v) is 5.13. The molecule has 3 rings (SSSR count). The number of hydrogen-bond donors (Lipinski definition) is 1. The average Bonchev–Trinajstić information content (AvgIpc) is 2.71. The van der Waals surface area contributed by atoms with Crippen molar-refractivity contribution >= 4 is 13.0 Å². The van der Waals surface area contributed by atoms with E-state index in [0.717, 1.165) is 17.6 Å². The molecule has 1 heterocycles. The van der Waals surface area contributed by atoms with E-state index in [1.165, 1.54) is 6.07 Å². The van der Waals surface area contributed by atoms with Crippen molar-refractivity contribution < 1.29 is 22.9 Å². The van der Waals surface area contributed by atoms with Crippen LogP contribution in [0.5, 0.6) is 0 Å². The molecule has 1 aromatic carbocycles. The van der Waals surface area contributed by atoms with E-state index in [0.29, 0.717) is 12.1 Å². The van der Waals surface area contributed by atoms with Crippen LogP contribution in [0.3, 0.4) is 0 Å². The SMILES string of the molecule is CC1(C)OB(C2=CC=C(NC(=O)c3c(F)cccc3F)C=CC2)OC1(C)C. The Morgan fingerprint density at radius 1 is 1.07 bits per heavy atom. The zero-order chi connectivity index (χ0) is 19.8. The summed E-state index contributed by atoms with van der Waals surface area (Å²) < 4.78 is 39.6. The molecule has 0 radical (unpaired) electrons. The van der Waals surface area contributed by atoms with E-state index in [1.54, 1.807) is 18.2 Å². The maximum Gasteiger partial charge on any atom is 0.490 e. The first-order valence-corrected chi connectivity index (χ1v) is 8.79. The van der Waals surface area contributed by atoms with Crippen molar-refractivity contribution in [2.45, 2.75) is 45.3 Å². The Bertz CT molecular complexity index is 823. The number of carbonyl (C=O) groups excluding carboxylic acids is 1. The van der Waals surface area contributed by atoms with Crippen molar-refractivity contribution in [2.75, 3.05) is 0 Å². The average molecular weight is 373 g/mol. The van der Waals surface area contributed by atoms with Gasteiger partial charge in [-0.15, -0.1) is 0 Å². The van der Waals surface area contributed by atoms with Crippen molar-refractivity contribution in [3.05, 3.63) is 70.9 Å². The highest BCUT2D eigenvalue weighted by atomic mass is 19.1. The van der Waals surface area contributed by atoms with Gasteiger partial charge in [0.05, 0.1) is 11.2 Å². The molecule has 7 heteroatoms. The van der Waals surface area contributed by atoms with Crippen molar-refractivity contribution in [2.24, 2.45) is 0 Å². The number of carbonyl (C=O) groups is 1. The second-order valence-corrected chi connectivity index (χ2v) is 7.61.